The van der Waals surface area contributed by atoms with Gasteiger partial charge in [-0.05, 0) is 51.2 Å². The van der Waals surface area contributed by atoms with Crippen LogP contribution in [0.4, 0.5) is 10.6 Å². The van der Waals surface area contributed by atoms with Gasteiger partial charge in [0.15, 0.2) is 11.5 Å². The number of aromatic nitrogens is 4. The fraction of sp³-hybridized carbons (Fsp3) is 0.550. The molecule has 3 rings (SSSR count). The summed E-state index contributed by atoms with van der Waals surface area (Å²) in [6, 6.07) is 3.53. The van der Waals surface area contributed by atoms with Crippen molar-refractivity contribution < 1.29 is 24.2 Å². The van der Waals surface area contributed by atoms with Crippen LogP contribution in [0.1, 0.15) is 44.7 Å². The second-order valence-corrected chi connectivity index (χ2v) is 7.39. The number of anilines is 1. The number of amides is 1. The standard InChI is InChI=1S/C20H27N5O5/c1-4-10-29-20(28)22-18-17(23-24-25(18)3)15-8-9-16(12(2)21-15)30-14-7-5-6-13(11-14)19(26)27/h8-9,13-14H,4-7,10-11H2,1-3H3,(H,22,28)(H,26,27)/t13-,14-/m0/s1. The van der Waals surface area contributed by atoms with Crippen LogP contribution in [-0.4, -0.2) is 49.9 Å². The third kappa shape index (κ3) is 5.05. The molecule has 2 N–H and O–H groups in total. The number of rotatable bonds is 7. The van der Waals surface area contributed by atoms with Gasteiger partial charge in [0, 0.05) is 7.05 Å². The normalized spacial score (nSPS) is 18.6. The average molecular weight is 417 g/mol. The maximum Gasteiger partial charge on any atom is 0.412 e. The Labute approximate surface area is 174 Å². The van der Waals surface area contributed by atoms with E-state index in [1.807, 2.05) is 13.8 Å². The highest BCUT2D eigenvalue weighted by atomic mass is 16.5. The van der Waals surface area contributed by atoms with Crippen molar-refractivity contribution in [3.05, 3.63) is 17.8 Å². The van der Waals surface area contributed by atoms with Crippen LogP contribution in [-0.2, 0) is 16.6 Å². The van der Waals surface area contributed by atoms with Gasteiger partial charge < -0.3 is 14.6 Å². The Hall–Kier alpha value is -3.17. The van der Waals surface area contributed by atoms with E-state index in [1.165, 1.54) is 4.68 Å². The molecule has 162 valence electrons. The number of carboxylic acid groups (broad SMARTS) is 1. The van der Waals surface area contributed by atoms with Crippen LogP contribution < -0.4 is 10.1 Å². The Balaban J connectivity index is 1.74. The van der Waals surface area contributed by atoms with Crippen LogP contribution in [0, 0.1) is 12.8 Å². The lowest BCUT2D eigenvalue weighted by Crippen LogP contribution is -2.29. The number of hydrogen-bond acceptors (Lipinski definition) is 7. The topological polar surface area (TPSA) is 128 Å². The van der Waals surface area contributed by atoms with Crippen LogP contribution in [0.25, 0.3) is 11.4 Å². The first-order valence-corrected chi connectivity index (χ1v) is 10.1. The highest BCUT2D eigenvalue weighted by Crippen LogP contribution is 2.31. The van der Waals surface area contributed by atoms with Crippen LogP contribution in [0.15, 0.2) is 12.1 Å². The van der Waals surface area contributed by atoms with E-state index in [4.69, 9.17) is 9.47 Å². The van der Waals surface area contributed by atoms with Crippen molar-refractivity contribution in [2.24, 2.45) is 13.0 Å². The van der Waals surface area contributed by atoms with E-state index in [0.717, 1.165) is 19.3 Å². The molecule has 2 aromatic rings. The molecule has 10 heteroatoms. The molecular weight excluding hydrogens is 390 g/mol. The van der Waals surface area contributed by atoms with Crippen LogP contribution in [0.2, 0.25) is 0 Å². The van der Waals surface area contributed by atoms with Gasteiger partial charge >= 0.3 is 12.1 Å². The van der Waals surface area contributed by atoms with Gasteiger partial charge in [-0.15, -0.1) is 5.10 Å². The molecule has 1 fully saturated rings. The fourth-order valence-corrected chi connectivity index (χ4v) is 3.46. The predicted molar refractivity (Wildman–Crippen MR) is 108 cm³/mol. The zero-order valence-electron chi connectivity index (χ0n) is 17.4. The molecule has 1 aliphatic carbocycles. The molecule has 2 heterocycles. The Bertz CT molecular complexity index is 913. The first kappa shape index (κ1) is 21.5. The van der Waals surface area contributed by atoms with Crippen molar-refractivity contribution in [2.75, 3.05) is 11.9 Å². The van der Waals surface area contributed by atoms with Crippen molar-refractivity contribution in [3.8, 4) is 17.1 Å². The van der Waals surface area contributed by atoms with E-state index >= 15 is 0 Å². The molecular formula is C20H27N5O5. The molecule has 0 aromatic carbocycles. The minimum absolute atomic E-state index is 0.145. The van der Waals surface area contributed by atoms with Gasteiger partial charge in [0.25, 0.3) is 0 Å². The minimum Gasteiger partial charge on any atom is -0.489 e. The van der Waals surface area contributed by atoms with Crippen LogP contribution in [0.3, 0.4) is 0 Å². The lowest BCUT2D eigenvalue weighted by Gasteiger charge is -2.27. The minimum atomic E-state index is -0.770. The van der Waals surface area contributed by atoms with E-state index in [1.54, 1.807) is 19.2 Å². The molecule has 1 amide bonds. The summed E-state index contributed by atoms with van der Waals surface area (Å²) in [6.45, 7) is 4.05. The molecule has 0 unspecified atom stereocenters. The van der Waals surface area contributed by atoms with Crippen LogP contribution >= 0.6 is 0 Å². The number of nitrogens with one attached hydrogen (secondary N) is 1. The summed E-state index contributed by atoms with van der Waals surface area (Å²) in [5.74, 6) is -0.144. The van der Waals surface area contributed by atoms with Crippen molar-refractivity contribution >= 4 is 17.9 Å². The number of hydrogen-bond donors (Lipinski definition) is 2. The number of nitrogens with zero attached hydrogens (tertiary/aromatic N) is 4. The van der Waals surface area contributed by atoms with Crippen molar-refractivity contribution in [1.82, 2.24) is 20.0 Å². The predicted octanol–water partition coefficient (Wildman–Crippen LogP) is 3.17. The van der Waals surface area contributed by atoms with E-state index in [9.17, 15) is 14.7 Å². The van der Waals surface area contributed by atoms with E-state index in [0.29, 0.717) is 48.1 Å². The second kappa shape index (κ2) is 9.55. The van der Waals surface area contributed by atoms with Crippen molar-refractivity contribution in [2.45, 2.75) is 52.1 Å². The van der Waals surface area contributed by atoms with Crippen molar-refractivity contribution in [3.63, 3.8) is 0 Å². The smallest absolute Gasteiger partial charge is 0.412 e. The SMILES string of the molecule is CCCOC(=O)Nc1c(-c2ccc(O[C@H]3CCC[C@H](C(=O)O)C3)c(C)n2)nnn1C. The first-order valence-electron chi connectivity index (χ1n) is 10.1. The molecule has 2 aromatic heterocycles. The lowest BCUT2D eigenvalue weighted by molar-refractivity contribution is -0.143. The number of aryl methyl sites for hydroxylation is 2. The third-order valence-corrected chi connectivity index (χ3v) is 5.03. The number of carboxylic acids is 1. The van der Waals surface area contributed by atoms with Gasteiger partial charge in [0.05, 0.1) is 30.0 Å². The second-order valence-electron chi connectivity index (χ2n) is 7.39. The Morgan fingerprint density at radius 1 is 1.33 bits per heavy atom. The zero-order chi connectivity index (χ0) is 21.7. The van der Waals surface area contributed by atoms with E-state index in [2.05, 4.69) is 20.6 Å². The summed E-state index contributed by atoms with van der Waals surface area (Å²) in [5.41, 5.74) is 1.60. The average Bonchev–Trinajstić information content (AvgIpc) is 3.08. The zero-order valence-corrected chi connectivity index (χ0v) is 17.4. The number of aliphatic carboxylic acids is 1. The van der Waals surface area contributed by atoms with Crippen LogP contribution in [0.5, 0.6) is 5.75 Å². The molecule has 2 atom stereocenters. The Kier molecular flexibility index (Phi) is 6.86. The molecule has 30 heavy (non-hydrogen) atoms. The summed E-state index contributed by atoms with van der Waals surface area (Å²) in [6.07, 6.45) is 2.83. The molecule has 0 saturated heterocycles. The lowest BCUT2D eigenvalue weighted by atomic mass is 9.87. The first-order chi connectivity index (χ1) is 14.4. The Morgan fingerprint density at radius 2 is 2.13 bits per heavy atom. The molecule has 10 nitrogen and oxygen atoms in total. The largest absolute Gasteiger partial charge is 0.489 e. The molecule has 0 bridgehead atoms. The Morgan fingerprint density at radius 3 is 2.83 bits per heavy atom. The van der Waals surface area contributed by atoms with E-state index in [-0.39, 0.29) is 12.0 Å². The molecule has 1 saturated carbocycles. The monoisotopic (exact) mass is 417 g/mol. The molecule has 0 spiro atoms. The number of carbonyl (C=O) groups is 2. The highest BCUT2D eigenvalue weighted by Gasteiger charge is 2.28. The van der Waals surface area contributed by atoms with Gasteiger partial charge in [-0.25, -0.2) is 14.5 Å². The third-order valence-electron chi connectivity index (χ3n) is 5.03. The fourth-order valence-electron chi connectivity index (χ4n) is 3.46. The molecule has 0 radical (unpaired) electrons. The number of carbonyl (C=O) groups excluding carboxylic acids is 1. The van der Waals surface area contributed by atoms with Gasteiger partial charge in [-0.3, -0.25) is 10.1 Å². The van der Waals surface area contributed by atoms with Gasteiger partial charge in [0.2, 0.25) is 0 Å². The summed E-state index contributed by atoms with van der Waals surface area (Å²) in [7, 11) is 1.66. The van der Waals surface area contributed by atoms with Crippen molar-refractivity contribution in [1.29, 1.82) is 0 Å². The van der Waals surface area contributed by atoms with Gasteiger partial charge in [0.1, 0.15) is 5.75 Å². The van der Waals surface area contributed by atoms with E-state index < -0.39 is 12.1 Å². The molecule has 1 aliphatic rings. The quantitative estimate of drug-likeness (QED) is 0.703. The number of pyridine rings is 1. The summed E-state index contributed by atoms with van der Waals surface area (Å²) in [4.78, 5) is 27.8. The highest BCUT2D eigenvalue weighted by molar-refractivity contribution is 5.88. The summed E-state index contributed by atoms with van der Waals surface area (Å²) in [5, 5.41) is 20.0. The molecule has 0 aliphatic heterocycles. The maximum atomic E-state index is 11.9. The maximum absolute atomic E-state index is 11.9. The van der Waals surface area contributed by atoms with Gasteiger partial charge in [-0.2, -0.15) is 0 Å². The summed E-state index contributed by atoms with van der Waals surface area (Å²) < 4.78 is 12.5. The van der Waals surface area contributed by atoms with Gasteiger partial charge in [-0.1, -0.05) is 12.1 Å². The number of ether oxygens (including phenoxy) is 2. The summed E-state index contributed by atoms with van der Waals surface area (Å²) >= 11 is 0.